The fraction of sp³-hybridized carbons (Fsp3) is 0.292. The Hall–Kier alpha value is -3.25. The third-order valence-corrected chi connectivity index (χ3v) is 6.10. The van der Waals surface area contributed by atoms with Crippen LogP contribution in [0.3, 0.4) is 0 Å². The Kier molecular flexibility index (Phi) is 4.93. The predicted molar refractivity (Wildman–Crippen MR) is 116 cm³/mol. The number of pyridine rings is 1. The summed E-state index contributed by atoms with van der Waals surface area (Å²) in [7, 11) is 1.58. The molecule has 1 saturated heterocycles. The summed E-state index contributed by atoms with van der Waals surface area (Å²) < 4.78 is 5.18. The molecule has 2 fully saturated rings. The zero-order valence-corrected chi connectivity index (χ0v) is 16.9. The molecule has 30 heavy (non-hydrogen) atoms. The van der Waals surface area contributed by atoms with Gasteiger partial charge in [0.25, 0.3) is 0 Å². The van der Waals surface area contributed by atoms with Crippen molar-refractivity contribution in [1.29, 1.82) is 0 Å². The van der Waals surface area contributed by atoms with Crippen LogP contribution in [0.25, 0.3) is 28.5 Å². The van der Waals surface area contributed by atoms with Crippen LogP contribution >= 0.6 is 0 Å². The second kappa shape index (κ2) is 7.88. The van der Waals surface area contributed by atoms with Gasteiger partial charge in [-0.2, -0.15) is 0 Å². The lowest BCUT2D eigenvalue weighted by atomic mass is 10.0. The molecule has 0 spiro atoms. The maximum Gasteiger partial charge on any atom is 0.213 e. The lowest BCUT2D eigenvalue weighted by Crippen LogP contribution is -2.09. The third-order valence-electron chi connectivity index (χ3n) is 6.10. The molecular formula is C24H24N4O2. The molecule has 0 amide bonds. The van der Waals surface area contributed by atoms with Crippen LogP contribution in [-0.4, -0.2) is 40.3 Å². The molecule has 6 heteroatoms. The van der Waals surface area contributed by atoms with Gasteiger partial charge in [0.15, 0.2) is 0 Å². The number of aromatic hydroxyl groups is 1. The van der Waals surface area contributed by atoms with Crippen molar-refractivity contribution in [1.82, 2.24) is 20.3 Å². The molecule has 1 aromatic carbocycles. The summed E-state index contributed by atoms with van der Waals surface area (Å²) in [6.07, 6.45) is 9.69. The van der Waals surface area contributed by atoms with Gasteiger partial charge in [0.1, 0.15) is 5.75 Å². The summed E-state index contributed by atoms with van der Waals surface area (Å²) in [5.74, 6) is 2.26. The molecule has 3 heterocycles. The summed E-state index contributed by atoms with van der Waals surface area (Å²) in [5, 5.41) is 14.1. The summed E-state index contributed by atoms with van der Waals surface area (Å²) in [6.45, 7) is 2.27. The second-order valence-corrected chi connectivity index (χ2v) is 8.03. The number of nitrogens with one attached hydrogen (secondary N) is 1. The van der Waals surface area contributed by atoms with Crippen molar-refractivity contribution in [3.05, 3.63) is 60.2 Å². The zero-order valence-electron chi connectivity index (χ0n) is 16.9. The lowest BCUT2D eigenvalue weighted by molar-refractivity contribution is 0.398. The Bertz CT molecular complexity index is 1080. The van der Waals surface area contributed by atoms with E-state index in [1.54, 1.807) is 31.8 Å². The first-order valence-electron chi connectivity index (χ1n) is 10.3. The molecule has 0 unspecified atom stereocenters. The van der Waals surface area contributed by atoms with Gasteiger partial charge < -0.3 is 15.2 Å². The van der Waals surface area contributed by atoms with Crippen LogP contribution in [0.2, 0.25) is 0 Å². The van der Waals surface area contributed by atoms with E-state index >= 15 is 0 Å². The molecule has 1 aliphatic carbocycles. The van der Waals surface area contributed by atoms with E-state index in [0.717, 1.165) is 54.6 Å². The van der Waals surface area contributed by atoms with Crippen LogP contribution in [0.4, 0.5) is 0 Å². The number of hydrogen-bond donors (Lipinski definition) is 2. The average molecular weight is 400 g/mol. The molecule has 0 bridgehead atoms. The highest BCUT2D eigenvalue weighted by atomic mass is 16.5. The van der Waals surface area contributed by atoms with E-state index in [0.29, 0.717) is 17.1 Å². The number of methoxy groups -OCH3 is 1. The number of phenols is 1. The zero-order chi connectivity index (χ0) is 20.5. The van der Waals surface area contributed by atoms with Gasteiger partial charge in [-0.05, 0) is 73.2 Å². The average Bonchev–Trinajstić information content (AvgIpc) is 3.36. The molecule has 1 saturated carbocycles. The molecule has 5 rings (SSSR count). The molecule has 0 radical (unpaired) electrons. The van der Waals surface area contributed by atoms with Crippen LogP contribution < -0.4 is 10.1 Å². The maximum atomic E-state index is 10.6. The first kappa shape index (κ1) is 18.8. The summed E-state index contributed by atoms with van der Waals surface area (Å²) >= 11 is 0. The standard InChI is InChI=1S/C24H24N4O2/c1-30-24-10-17(4-5-26-24)16-2-3-21(23(29)9-16)22-14-27-20(13-28-22)8-15-6-18-11-25-12-19(18)7-15/h2-5,8-10,13-14,18-19,25,29H,6-7,11-12H2,1H3/t18-,19+. The van der Waals surface area contributed by atoms with Gasteiger partial charge in [-0.3, -0.25) is 9.97 Å². The van der Waals surface area contributed by atoms with Crippen molar-refractivity contribution in [3.63, 3.8) is 0 Å². The van der Waals surface area contributed by atoms with Gasteiger partial charge in [0, 0.05) is 17.8 Å². The van der Waals surface area contributed by atoms with E-state index in [1.165, 1.54) is 5.57 Å². The topological polar surface area (TPSA) is 80.2 Å². The molecule has 2 aromatic heterocycles. The number of allylic oxidation sites excluding steroid dienone is 1. The van der Waals surface area contributed by atoms with Crippen molar-refractivity contribution in [3.8, 4) is 34.0 Å². The smallest absolute Gasteiger partial charge is 0.213 e. The molecule has 1 aliphatic heterocycles. The van der Waals surface area contributed by atoms with Crippen LogP contribution in [0.1, 0.15) is 18.5 Å². The number of phenolic OH excluding ortho intramolecular Hbond substituents is 1. The van der Waals surface area contributed by atoms with E-state index in [1.807, 2.05) is 24.3 Å². The van der Waals surface area contributed by atoms with Gasteiger partial charge in [-0.1, -0.05) is 11.6 Å². The minimum Gasteiger partial charge on any atom is -0.507 e. The highest BCUT2D eigenvalue weighted by Gasteiger charge is 2.33. The Morgan fingerprint density at radius 2 is 1.80 bits per heavy atom. The second-order valence-electron chi connectivity index (χ2n) is 8.03. The predicted octanol–water partition coefficient (Wildman–Crippen LogP) is 3.93. The van der Waals surface area contributed by atoms with Crippen molar-refractivity contribution >= 4 is 6.08 Å². The normalized spacial score (nSPS) is 21.7. The van der Waals surface area contributed by atoms with Gasteiger partial charge in [0.05, 0.1) is 30.9 Å². The molecule has 6 nitrogen and oxygen atoms in total. The van der Waals surface area contributed by atoms with Crippen LogP contribution in [-0.2, 0) is 0 Å². The summed E-state index contributed by atoms with van der Waals surface area (Å²) in [5.41, 5.74) is 5.46. The van der Waals surface area contributed by atoms with Crippen LogP contribution in [0.15, 0.2) is 54.5 Å². The quantitative estimate of drug-likeness (QED) is 0.691. The lowest BCUT2D eigenvalue weighted by Gasteiger charge is -2.08. The number of aromatic nitrogens is 3. The highest BCUT2D eigenvalue weighted by molar-refractivity contribution is 5.74. The number of hydrogen-bond acceptors (Lipinski definition) is 6. The van der Waals surface area contributed by atoms with E-state index < -0.39 is 0 Å². The van der Waals surface area contributed by atoms with Crippen LogP contribution in [0, 0.1) is 11.8 Å². The number of rotatable bonds is 4. The van der Waals surface area contributed by atoms with E-state index in [-0.39, 0.29) is 5.75 Å². The number of fused-ring (bicyclic) bond motifs is 1. The van der Waals surface area contributed by atoms with E-state index in [4.69, 9.17) is 4.74 Å². The molecule has 3 aromatic rings. The fourth-order valence-corrected chi connectivity index (χ4v) is 4.53. The van der Waals surface area contributed by atoms with Crippen molar-refractivity contribution in [2.24, 2.45) is 11.8 Å². The molecule has 2 aliphatic rings. The SMILES string of the molecule is COc1cc(-c2ccc(-c3cnc(C=C4C[C@H]5CNC[C@H]5C4)cn3)c(O)c2)ccn1. The third kappa shape index (κ3) is 3.66. The van der Waals surface area contributed by atoms with Crippen molar-refractivity contribution < 1.29 is 9.84 Å². The largest absolute Gasteiger partial charge is 0.507 e. The Balaban J connectivity index is 1.35. The molecule has 152 valence electrons. The van der Waals surface area contributed by atoms with Gasteiger partial charge in [0.2, 0.25) is 5.88 Å². The van der Waals surface area contributed by atoms with E-state index in [2.05, 4.69) is 26.3 Å². The van der Waals surface area contributed by atoms with Gasteiger partial charge in [-0.25, -0.2) is 4.98 Å². The molecule has 2 atom stereocenters. The molecular weight excluding hydrogens is 376 g/mol. The first-order chi connectivity index (χ1) is 14.7. The van der Waals surface area contributed by atoms with E-state index in [9.17, 15) is 5.11 Å². The minimum atomic E-state index is 0.166. The number of nitrogens with zero attached hydrogens (tertiary/aromatic N) is 3. The molecule has 2 N–H and O–H groups in total. The fourth-order valence-electron chi connectivity index (χ4n) is 4.53. The number of ether oxygens (including phenoxy) is 1. The Labute approximate surface area is 175 Å². The van der Waals surface area contributed by atoms with Crippen molar-refractivity contribution in [2.75, 3.05) is 20.2 Å². The van der Waals surface area contributed by atoms with Gasteiger partial charge >= 0.3 is 0 Å². The van der Waals surface area contributed by atoms with Gasteiger partial charge in [-0.15, -0.1) is 0 Å². The Morgan fingerprint density at radius 3 is 2.50 bits per heavy atom. The summed E-state index contributed by atoms with van der Waals surface area (Å²) in [6, 6.07) is 9.26. The number of benzene rings is 1. The summed E-state index contributed by atoms with van der Waals surface area (Å²) in [4.78, 5) is 13.2. The van der Waals surface area contributed by atoms with Crippen molar-refractivity contribution in [2.45, 2.75) is 12.8 Å². The maximum absolute atomic E-state index is 10.6. The monoisotopic (exact) mass is 400 g/mol. The van der Waals surface area contributed by atoms with Crippen LogP contribution in [0.5, 0.6) is 11.6 Å². The minimum absolute atomic E-state index is 0.166. The Morgan fingerprint density at radius 1 is 1.00 bits per heavy atom. The first-order valence-corrected chi connectivity index (χ1v) is 10.3. The highest BCUT2D eigenvalue weighted by Crippen LogP contribution is 2.39.